The fourth-order valence-electron chi connectivity index (χ4n) is 10.8. The zero-order valence-electron chi connectivity index (χ0n) is 32.4. The Morgan fingerprint density at radius 2 is 1.22 bits per heavy atom. The molecule has 1 aliphatic heterocycles. The number of methoxy groups -OCH3 is 2. The average molecular weight is 729 g/mol. The summed E-state index contributed by atoms with van der Waals surface area (Å²) in [5.41, 5.74) is 10.6. The van der Waals surface area contributed by atoms with Crippen molar-refractivity contribution < 1.29 is 14.2 Å². The summed E-state index contributed by atoms with van der Waals surface area (Å²) < 4.78 is 19.0. The lowest BCUT2D eigenvalue weighted by molar-refractivity contribution is 0.0642. The molecule has 0 amide bonds. The number of hydrogen-bond acceptors (Lipinski definition) is 4. The summed E-state index contributed by atoms with van der Waals surface area (Å²) in [4.78, 5) is 1.23. The minimum Gasteiger partial charge on any atom is -0.497 e. The van der Waals surface area contributed by atoms with Crippen molar-refractivity contribution in [1.82, 2.24) is 0 Å². The molecule has 3 nitrogen and oxygen atoms in total. The fourth-order valence-corrected chi connectivity index (χ4v) is 11.5. The molecule has 9 rings (SSSR count). The highest BCUT2D eigenvalue weighted by Crippen LogP contribution is 2.67. The van der Waals surface area contributed by atoms with Crippen molar-refractivity contribution in [3.8, 4) is 39.5 Å². The first-order valence-electron chi connectivity index (χ1n) is 19.1. The number of fused-ring (bicyclic) bond motifs is 10. The Kier molecular flexibility index (Phi) is 8.10. The van der Waals surface area contributed by atoms with Gasteiger partial charge in [0.05, 0.1) is 14.2 Å². The van der Waals surface area contributed by atoms with E-state index in [1.165, 1.54) is 55.6 Å². The van der Waals surface area contributed by atoms with Crippen LogP contribution in [0.4, 0.5) is 0 Å². The highest BCUT2D eigenvalue weighted by molar-refractivity contribution is 7.98. The van der Waals surface area contributed by atoms with Gasteiger partial charge in [-0.1, -0.05) is 113 Å². The van der Waals surface area contributed by atoms with Crippen molar-refractivity contribution in [2.75, 3.05) is 20.5 Å². The van der Waals surface area contributed by atoms with Crippen LogP contribution in [0.25, 0.3) is 39.1 Å². The maximum absolute atomic E-state index is 7.78. The molecule has 1 spiro atoms. The lowest BCUT2D eigenvalue weighted by atomic mass is 9.52. The SMILES string of the molecule is COc1ccc(C2(c3ccc(OC)cc3)C=Cc3c4c(c5cc(-c6ccccc6)c(SC)cc5c3O2)-c2ccccc2C42CC(C)(C)CC(C)(C)C2)cc1. The topological polar surface area (TPSA) is 27.7 Å². The van der Waals surface area contributed by atoms with Crippen LogP contribution in [0.3, 0.4) is 0 Å². The first kappa shape index (κ1) is 34.8. The molecule has 0 atom stereocenters. The maximum Gasteiger partial charge on any atom is 0.178 e. The van der Waals surface area contributed by atoms with Gasteiger partial charge < -0.3 is 14.2 Å². The van der Waals surface area contributed by atoms with Gasteiger partial charge in [-0.2, -0.15) is 0 Å². The smallest absolute Gasteiger partial charge is 0.178 e. The molecule has 1 heterocycles. The van der Waals surface area contributed by atoms with Gasteiger partial charge in [-0.3, -0.25) is 0 Å². The molecule has 0 N–H and O–H groups in total. The molecule has 1 fully saturated rings. The van der Waals surface area contributed by atoms with Crippen LogP contribution < -0.4 is 14.2 Å². The van der Waals surface area contributed by atoms with Crippen LogP contribution in [0.1, 0.15) is 74.8 Å². The zero-order chi connectivity index (χ0) is 37.5. The van der Waals surface area contributed by atoms with Crippen molar-refractivity contribution in [1.29, 1.82) is 0 Å². The van der Waals surface area contributed by atoms with Gasteiger partial charge in [0, 0.05) is 32.4 Å². The standard InChI is InChI=1S/C50H48O3S/c1-47(2)29-48(3,4)31-49(30-47)42-16-12-11-15-37(42)44-40-27-39(32-13-9-8-10-14-32)43(54-7)28-41(40)46-38(45(44)49)25-26-50(53-46,33-17-21-35(51-5)22-18-33)34-19-23-36(52-6)24-20-34/h8-28H,29-31H2,1-7H3. The van der Waals surface area contributed by atoms with Crippen LogP contribution >= 0.6 is 11.8 Å². The first-order valence-corrected chi connectivity index (χ1v) is 20.3. The molecular weight excluding hydrogens is 681 g/mol. The zero-order valence-corrected chi connectivity index (χ0v) is 33.2. The first-order chi connectivity index (χ1) is 26.0. The third kappa shape index (κ3) is 5.32. The van der Waals surface area contributed by atoms with Gasteiger partial charge in [0.15, 0.2) is 5.60 Å². The number of thioether (sulfide) groups is 1. The van der Waals surface area contributed by atoms with E-state index in [1.807, 2.05) is 24.3 Å². The number of rotatable bonds is 6. The highest BCUT2D eigenvalue weighted by Gasteiger charge is 2.55. The van der Waals surface area contributed by atoms with Gasteiger partial charge in [-0.25, -0.2) is 0 Å². The van der Waals surface area contributed by atoms with E-state index >= 15 is 0 Å². The second-order valence-corrected chi connectivity index (χ2v) is 17.9. The summed E-state index contributed by atoms with van der Waals surface area (Å²) in [6.45, 7) is 9.92. The van der Waals surface area contributed by atoms with Crippen molar-refractivity contribution in [2.24, 2.45) is 10.8 Å². The molecule has 54 heavy (non-hydrogen) atoms. The third-order valence-corrected chi connectivity index (χ3v) is 13.0. The van der Waals surface area contributed by atoms with Crippen molar-refractivity contribution in [2.45, 2.75) is 62.9 Å². The molecular formula is C50H48O3S. The van der Waals surface area contributed by atoms with E-state index in [4.69, 9.17) is 14.2 Å². The molecule has 6 aromatic rings. The summed E-state index contributed by atoms with van der Waals surface area (Å²) in [5, 5.41) is 2.39. The lowest BCUT2D eigenvalue weighted by Crippen LogP contribution is -2.44. The summed E-state index contributed by atoms with van der Waals surface area (Å²) >= 11 is 1.80. The molecule has 4 heteroatoms. The van der Waals surface area contributed by atoms with Crippen molar-refractivity contribution in [3.05, 3.63) is 149 Å². The van der Waals surface area contributed by atoms with Crippen LogP contribution in [0.15, 0.2) is 126 Å². The van der Waals surface area contributed by atoms with Crippen molar-refractivity contribution >= 4 is 28.6 Å². The summed E-state index contributed by atoms with van der Waals surface area (Å²) in [5.74, 6) is 2.57. The molecule has 0 saturated heterocycles. The van der Waals surface area contributed by atoms with Crippen LogP contribution in [-0.4, -0.2) is 20.5 Å². The molecule has 0 unspecified atom stereocenters. The van der Waals surface area contributed by atoms with E-state index in [0.717, 1.165) is 46.6 Å². The Bertz CT molecular complexity index is 2370. The normalized spacial score (nSPS) is 18.1. The molecule has 6 aromatic carbocycles. The molecule has 0 bridgehead atoms. The Balaban J connectivity index is 1.41. The molecule has 1 saturated carbocycles. The van der Waals surface area contributed by atoms with E-state index in [0.29, 0.717) is 0 Å². The summed E-state index contributed by atoms with van der Waals surface area (Å²) in [6.07, 6.45) is 10.2. The van der Waals surface area contributed by atoms with Crippen molar-refractivity contribution in [3.63, 3.8) is 0 Å². The molecule has 272 valence electrons. The van der Waals surface area contributed by atoms with Gasteiger partial charge in [0.2, 0.25) is 0 Å². The number of benzene rings is 6. The summed E-state index contributed by atoms with van der Waals surface area (Å²) in [7, 11) is 3.42. The van der Waals surface area contributed by atoms with Crippen LogP contribution in [0.5, 0.6) is 17.2 Å². The van der Waals surface area contributed by atoms with Gasteiger partial charge >= 0.3 is 0 Å². The predicted molar refractivity (Wildman–Crippen MR) is 225 cm³/mol. The Hall–Kier alpha value is -4.93. The van der Waals surface area contributed by atoms with Crippen LogP contribution in [0, 0.1) is 10.8 Å². The van der Waals surface area contributed by atoms with E-state index < -0.39 is 5.60 Å². The highest BCUT2D eigenvalue weighted by atomic mass is 32.2. The Morgan fingerprint density at radius 3 is 1.81 bits per heavy atom. The second kappa shape index (κ2) is 12.6. The Labute approximate surface area is 324 Å². The van der Waals surface area contributed by atoms with Crippen LogP contribution in [-0.2, 0) is 11.0 Å². The van der Waals surface area contributed by atoms with Gasteiger partial charge in [0.25, 0.3) is 0 Å². The molecule has 0 aromatic heterocycles. The van der Waals surface area contributed by atoms with E-state index in [9.17, 15) is 0 Å². The molecule has 2 aliphatic carbocycles. The average Bonchev–Trinajstić information content (AvgIpc) is 3.44. The monoisotopic (exact) mass is 728 g/mol. The minimum atomic E-state index is -0.895. The van der Waals surface area contributed by atoms with E-state index in [-0.39, 0.29) is 16.2 Å². The minimum absolute atomic E-state index is 0.144. The summed E-state index contributed by atoms with van der Waals surface area (Å²) in [6, 6.07) is 41.7. The van der Waals surface area contributed by atoms with E-state index in [2.05, 4.69) is 137 Å². The quantitative estimate of drug-likeness (QED) is 0.160. The van der Waals surface area contributed by atoms with Gasteiger partial charge in [-0.05, 0) is 118 Å². The van der Waals surface area contributed by atoms with Gasteiger partial charge in [-0.15, -0.1) is 11.8 Å². The predicted octanol–water partition coefficient (Wildman–Crippen LogP) is 13.1. The maximum atomic E-state index is 7.78. The largest absolute Gasteiger partial charge is 0.497 e. The number of hydrogen-bond donors (Lipinski definition) is 0. The lowest BCUT2D eigenvalue weighted by Gasteiger charge is -2.52. The van der Waals surface area contributed by atoms with Gasteiger partial charge in [0.1, 0.15) is 17.2 Å². The molecule has 3 aliphatic rings. The second-order valence-electron chi connectivity index (χ2n) is 17.1. The Morgan fingerprint density at radius 1 is 0.630 bits per heavy atom. The van der Waals surface area contributed by atoms with Crippen LogP contribution in [0.2, 0.25) is 0 Å². The van der Waals surface area contributed by atoms with E-state index in [1.54, 1.807) is 26.0 Å². The fraction of sp³-hybridized carbons (Fsp3) is 0.280. The number of ether oxygens (including phenoxy) is 3. The third-order valence-electron chi connectivity index (χ3n) is 12.2. The molecule has 0 radical (unpaired) electrons.